The molecular weight excluding hydrogens is 224 g/mol. The van der Waals surface area contributed by atoms with Crippen molar-refractivity contribution in [2.45, 2.75) is 25.5 Å². The Labute approximate surface area is 107 Å². The molecule has 0 spiro atoms. The molecule has 1 aromatic carbocycles. The molecule has 1 aliphatic carbocycles. The third-order valence-electron chi connectivity index (χ3n) is 3.59. The lowest BCUT2D eigenvalue weighted by atomic mass is 10.1. The van der Waals surface area contributed by atoms with Crippen LogP contribution in [0, 0.1) is 5.92 Å². The van der Waals surface area contributed by atoms with Gasteiger partial charge in [-0.15, -0.1) is 0 Å². The van der Waals surface area contributed by atoms with Gasteiger partial charge in [-0.05, 0) is 29.7 Å². The van der Waals surface area contributed by atoms with E-state index in [9.17, 15) is 5.11 Å². The molecule has 3 rings (SSSR count). The first-order chi connectivity index (χ1) is 8.84. The Morgan fingerprint density at radius 3 is 2.94 bits per heavy atom. The summed E-state index contributed by atoms with van der Waals surface area (Å²) >= 11 is 0. The lowest BCUT2D eigenvalue weighted by Gasteiger charge is -2.11. The van der Waals surface area contributed by atoms with Crippen LogP contribution in [-0.4, -0.2) is 22.7 Å². The number of aliphatic hydroxyl groups excluding tert-OH is 1. The Kier molecular flexibility index (Phi) is 3.26. The van der Waals surface area contributed by atoms with E-state index in [0.717, 1.165) is 6.54 Å². The van der Waals surface area contributed by atoms with Gasteiger partial charge in [-0.2, -0.15) is 0 Å². The summed E-state index contributed by atoms with van der Waals surface area (Å²) in [5, 5.41) is 15.5. The van der Waals surface area contributed by atoms with Crippen LogP contribution in [0.25, 0.3) is 10.8 Å². The van der Waals surface area contributed by atoms with Gasteiger partial charge in [-0.1, -0.05) is 24.3 Å². The fourth-order valence-electron chi connectivity index (χ4n) is 2.32. The topological polar surface area (TPSA) is 45.1 Å². The molecule has 1 aliphatic rings. The van der Waals surface area contributed by atoms with Crippen molar-refractivity contribution in [3.8, 4) is 0 Å². The van der Waals surface area contributed by atoms with Crippen molar-refractivity contribution >= 4 is 10.8 Å². The zero-order valence-corrected chi connectivity index (χ0v) is 10.3. The Balaban J connectivity index is 1.66. The van der Waals surface area contributed by atoms with Gasteiger partial charge < -0.3 is 10.4 Å². The summed E-state index contributed by atoms with van der Waals surface area (Å²) in [6, 6.07) is 8.26. The summed E-state index contributed by atoms with van der Waals surface area (Å²) in [7, 11) is 0. The minimum atomic E-state index is -0.187. The quantitative estimate of drug-likeness (QED) is 0.844. The highest BCUT2D eigenvalue weighted by Gasteiger charge is 2.29. The summed E-state index contributed by atoms with van der Waals surface area (Å²) in [5.74, 6) is 0.531. The van der Waals surface area contributed by atoms with E-state index in [1.165, 1.54) is 29.2 Å². The number of pyridine rings is 1. The van der Waals surface area contributed by atoms with E-state index in [-0.39, 0.29) is 6.10 Å². The molecule has 1 saturated carbocycles. The van der Waals surface area contributed by atoms with Gasteiger partial charge >= 0.3 is 0 Å². The molecule has 0 bridgehead atoms. The zero-order chi connectivity index (χ0) is 12.4. The molecule has 0 saturated heterocycles. The Hall–Kier alpha value is -1.45. The second-order valence-electron chi connectivity index (χ2n) is 5.06. The van der Waals surface area contributed by atoms with Gasteiger partial charge in [-0.3, -0.25) is 4.98 Å². The summed E-state index contributed by atoms with van der Waals surface area (Å²) < 4.78 is 0. The molecule has 94 valence electrons. The van der Waals surface area contributed by atoms with Crippen LogP contribution in [-0.2, 0) is 6.54 Å². The van der Waals surface area contributed by atoms with Gasteiger partial charge in [-0.25, -0.2) is 0 Å². The molecule has 0 amide bonds. The molecule has 1 fully saturated rings. The van der Waals surface area contributed by atoms with E-state index in [1.807, 2.05) is 24.5 Å². The minimum Gasteiger partial charge on any atom is -0.392 e. The van der Waals surface area contributed by atoms with Crippen LogP contribution >= 0.6 is 0 Å². The summed E-state index contributed by atoms with van der Waals surface area (Å²) in [4.78, 5) is 4.26. The molecule has 3 nitrogen and oxygen atoms in total. The molecule has 3 heteroatoms. The maximum Gasteiger partial charge on any atom is 0.0692 e. The fourth-order valence-corrected chi connectivity index (χ4v) is 2.32. The van der Waals surface area contributed by atoms with Crippen molar-refractivity contribution in [1.29, 1.82) is 0 Å². The summed E-state index contributed by atoms with van der Waals surface area (Å²) in [6.07, 6.45) is 5.96. The number of hydrogen-bond acceptors (Lipinski definition) is 3. The van der Waals surface area contributed by atoms with Crippen molar-refractivity contribution in [3.63, 3.8) is 0 Å². The lowest BCUT2D eigenvalue weighted by molar-refractivity contribution is 0.148. The van der Waals surface area contributed by atoms with Gasteiger partial charge in [0.25, 0.3) is 0 Å². The van der Waals surface area contributed by atoms with Gasteiger partial charge in [0.2, 0.25) is 0 Å². The molecule has 18 heavy (non-hydrogen) atoms. The van der Waals surface area contributed by atoms with Crippen LogP contribution in [0.4, 0.5) is 0 Å². The summed E-state index contributed by atoms with van der Waals surface area (Å²) in [6.45, 7) is 1.44. The normalized spacial score (nSPS) is 16.9. The minimum absolute atomic E-state index is 0.187. The van der Waals surface area contributed by atoms with E-state index in [0.29, 0.717) is 12.5 Å². The Bertz CT molecular complexity index is 532. The first-order valence-corrected chi connectivity index (χ1v) is 6.55. The van der Waals surface area contributed by atoms with Crippen molar-refractivity contribution in [2.75, 3.05) is 6.54 Å². The lowest BCUT2D eigenvalue weighted by Crippen LogP contribution is -2.27. The highest BCUT2D eigenvalue weighted by Crippen LogP contribution is 2.32. The third-order valence-corrected chi connectivity index (χ3v) is 3.59. The first-order valence-electron chi connectivity index (χ1n) is 6.55. The maximum absolute atomic E-state index is 9.80. The number of aliphatic hydroxyl groups is 1. The number of aromatic nitrogens is 1. The van der Waals surface area contributed by atoms with Crippen molar-refractivity contribution < 1.29 is 5.11 Å². The highest BCUT2D eigenvalue weighted by atomic mass is 16.3. The molecular formula is C15H18N2O. The zero-order valence-electron chi connectivity index (χ0n) is 10.3. The highest BCUT2D eigenvalue weighted by molar-refractivity contribution is 5.84. The van der Waals surface area contributed by atoms with Crippen LogP contribution in [0.2, 0.25) is 0 Å². The number of fused-ring (bicyclic) bond motifs is 1. The van der Waals surface area contributed by atoms with Crippen molar-refractivity contribution in [3.05, 3.63) is 42.2 Å². The predicted molar refractivity (Wildman–Crippen MR) is 72.2 cm³/mol. The van der Waals surface area contributed by atoms with Gasteiger partial charge in [0.15, 0.2) is 0 Å². The predicted octanol–water partition coefficient (Wildman–Crippen LogP) is 2.10. The largest absolute Gasteiger partial charge is 0.392 e. The van der Waals surface area contributed by atoms with Crippen LogP contribution in [0.1, 0.15) is 18.4 Å². The first kappa shape index (κ1) is 11.6. The van der Waals surface area contributed by atoms with Gasteiger partial charge in [0.1, 0.15) is 0 Å². The van der Waals surface area contributed by atoms with E-state index in [2.05, 4.69) is 22.4 Å². The van der Waals surface area contributed by atoms with Crippen molar-refractivity contribution in [2.24, 2.45) is 5.92 Å². The van der Waals surface area contributed by atoms with Crippen LogP contribution < -0.4 is 5.32 Å². The molecule has 1 unspecified atom stereocenters. The molecule has 1 heterocycles. The molecule has 0 radical (unpaired) electrons. The summed E-state index contributed by atoms with van der Waals surface area (Å²) in [5.41, 5.74) is 1.19. The molecule has 0 aliphatic heterocycles. The van der Waals surface area contributed by atoms with Gasteiger partial charge in [0.05, 0.1) is 6.10 Å². The third kappa shape index (κ3) is 2.52. The standard InChI is InChI=1S/C15H18N2O/c18-15(11-5-6-11)10-17-9-13-8-16-7-12-3-1-2-4-14(12)13/h1-4,7-8,11,15,17-18H,5-6,9-10H2. The monoisotopic (exact) mass is 242 g/mol. The Morgan fingerprint density at radius 1 is 1.28 bits per heavy atom. The maximum atomic E-state index is 9.80. The van der Waals surface area contributed by atoms with E-state index >= 15 is 0 Å². The second kappa shape index (κ2) is 5.04. The van der Waals surface area contributed by atoms with E-state index in [1.54, 1.807) is 0 Å². The Morgan fingerprint density at radius 2 is 2.11 bits per heavy atom. The van der Waals surface area contributed by atoms with Gasteiger partial charge in [0, 0.05) is 30.9 Å². The average Bonchev–Trinajstić information content (AvgIpc) is 3.23. The smallest absolute Gasteiger partial charge is 0.0692 e. The second-order valence-corrected chi connectivity index (χ2v) is 5.06. The SMILES string of the molecule is OC(CNCc1cncc2ccccc12)C1CC1. The van der Waals surface area contributed by atoms with Crippen LogP contribution in [0.15, 0.2) is 36.7 Å². The van der Waals surface area contributed by atoms with E-state index < -0.39 is 0 Å². The van der Waals surface area contributed by atoms with E-state index in [4.69, 9.17) is 0 Å². The number of nitrogens with one attached hydrogen (secondary N) is 1. The average molecular weight is 242 g/mol. The molecule has 2 N–H and O–H groups in total. The number of hydrogen-bond donors (Lipinski definition) is 2. The van der Waals surface area contributed by atoms with Crippen molar-refractivity contribution in [1.82, 2.24) is 10.3 Å². The number of benzene rings is 1. The number of rotatable bonds is 5. The molecule has 2 aromatic rings. The molecule has 1 atom stereocenters. The molecule has 1 aromatic heterocycles. The van der Waals surface area contributed by atoms with Crippen LogP contribution in [0.3, 0.4) is 0 Å². The number of nitrogens with zero attached hydrogens (tertiary/aromatic N) is 1. The fraction of sp³-hybridized carbons (Fsp3) is 0.400. The van der Waals surface area contributed by atoms with Crippen LogP contribution in [0.5, 0.6) is 0 Å².